The predicted octanol–water partition coefficient (Wildman–Crippen LogP) is 3.83. The van der Waals surface area contributed by atoms with E-state index in [1.807, 2.05) is 91.0 Å². The Bertz CT molecular complexity index is 1140. The summed E-state index contributed by atoms with van der Waals surface area (Å²) < 4.78 is 11.0. The van der Waals surface area contributed by atoms with Crippen LogP contribution in [0.1, 0.15) is 16.7 Å². The summed E-state index contributed by atoms with van der Waals surface area (Å²) in [5.74, 6) is -1.05. The van der Waals surface area contributed by atoms with Crippen LogP contribution in [0, 0.1) is 5.53 Å². The molecule has 3 aromatic rings. The minimum Gasteiger partial charge on any atom is -0.445 e. The topological polar surface area (TPSA) is 130 Å². The molecule has 2 atom stereocenters. The Kier molecular flexibility index (Phi) is 11.0. The molecule has 2 unspecified atom stereocenters. The van der Waals surface area contributed by atoms with Crippen molar-refractivity contribution in [2.45, 2.75) is 31.7 Å². The number of nitrogens with one attached hydrogen (secondary N) is 3. The van der Waals surface area contributed by atoms with Crippen molar-refractivity contribution in [1.29, 1.82) is 5.53 Å². The standard InChI is InChI=1S/C28H30N4O5/c29-30-17-26(33)25(20-36-18-22-12-6-2-7-13-22)31-27(34)24(16-21-10-4-1-5-11-21)32-28(35)37-19-23-14-8-3-9-15-23/h1-15,24-25,29H,16-20H2,(H,31,34)(H,32,35). The van der Waals surface area contributed by atoms with Crippen LogP contribution in [0.2, 0.25) is 0 Å². The Morgan fingerprint density at radius 3 is 1.84 bits per heavy atom. The fourth-order valence-corrected chi connectivity index (χ4v) is 3.51. The molecule has 3 aromatic carbocycles. The van der Waals surface area contributed by atoms with E-state index in [1.54, 1.807) is 0 Å². The van der Waals surface area contributed by atoms with Crippen molar-refractivity contribution in [2.24, 2.45) is 5.11 Å². The molecule has 0 aliphatic heterocycles. The molecule has 0 fully saturated rings. The third-order valence-corrected chi connectivity index (χ3v) is 5.44. The fraction of sp³-hybridized carbons (Fsp3) is 0.250. The van der Waals surface area contributed by atoms with E-state index in [4.69, 9.17) is 15.0 Å². The maximum atomic E-state index is 13.2. The normalized spacial score (nSPS) is 12.1. The molecule has 3 N–H and O–H groups in total. The number of Topliss-reactive ketones (excluding diaryl/α,β-unsaturated/α-hetero) is 1. The van der Waals surface area contributed by atoms with E-state index in [1.165, 1.54) is 0 Å². The van der Waals surface area contributed by atoms with Gasteiger partial charge in [0.25, 0.3) is 0 Å². The van der Waals surface area contributed by atoms with Crippen LogP contribution in [0.5, 0.6) is 0 Å². The summed E-state index contributed by atoms with van der Waals surface area (Å²) >= 11 is 0. The predicted molar refractivity (Wildman–Crippen MR) is 137 cm³/mol. The molecular weight excluding hydrogens is 472 g/mol. The van der Waals surface area contributed by atoms with Crippen LogP contribution < -0.4 is 10.6 Å². The molecule has 0 aliphatic rings. The second kappa shape index (κ2) is 14.9. The van der Waals surface area contributed by atoms with Crippen molar-refractivity contribution in [3.63, 3.8) is 0 Å². The van der Waals surface area contributed by atoms with Gasteiger partial charge >= 0.3 is 6.09 Å². The number of benzene rings is 3. The molecule has 0 heterocycles. The number of ketones is 1. The van der Waals surface area contributed by atoms with E-state index in [0.717, 1.165) is 16.7 Å². The average molecular weight is 503 g/mol. The lowest BCUT2D eigenvalue weighted by Crippen LogP contribution is -2.54. The number of hydrogen-bond acceptors (Lipinski definition) is 7. The molecule has 0 aliphatic carbocycles. The molecule has 0 spiro atoms. The molecule has 3 rings (SSSR count). The third kappa shape index (κ3) is 9.65. The number of hydrogen-bond donors (Lipinski definition) is 3. The SMILES string of the molecule is N=NCC(=O)C(COCc1ccccc1)NC(=O)C(Cc1ccccc1)NC(=O)OCc1ccccc1. The Balaban J connectivity index is 1.66. The van der Waals surface area contributed by atoms with E-state index in [-0.39, 0.29) is 26.2 Å². The van der Waals surface area contributed by atoms with Crippen LogP contribution in [0.4, 0.5) is 4.79 Å². The minimum absolute atomic E-state index is 0.0474. The first-order valence-corrected chi connectivity index (χ1v) is 11.8. The number of alkyl carbamates (subject to hydrolysis) is 1. The zero-order valence-corrected chi connectivity index (χ0v) is 20.3. The molecule has 9 nitrogen and oxygen atoms in total. The molecule has 192 valence electrons. The molecule has 0 saturated carbocycles. The smallest absolute Gasteiger partial charge is 0.408 e. The molecular formula is C28H30N4O5. The average Bonchev–Trinajstić information content (AvgIpc) is 2.93. The van der Waals surface area contributed by atoms with Crippen molar-refractivity contribution >= 4 is 17.8 Å². The van der Waals surface area contributed by atoms with Crippen molar-refractivity contribution in [2.75, 3.05) is 13.2 Å². The first-order valence-electron chi connectivity index (χ1n) is 11.8. The summed E-state index contributed by atoms with van der Waals surface area (Å²) in [5.41, 5.74) is 9.57. The maximum absolute atomic E-state index is 13.2. The summed E-state index contributed by atoms with van der Waals surface area (Å²) in [6.07, 6.45) is -0.578. The second-order valence-electron chi connectivity index (χ2n) is 8.29. The second-order valence-corrected chi connectivity index (χ2v) is 8.29. The minimum atomic E-state index is -1.04. The molecule has 0 bridgehead atoms. The van der Waals surface area contributed by atoms with Crippen LogP contribution in [0.25, 0.3) is 0 Å². The van der Waals surface area contributed by atoms with Gasteiger partial charge in [0.15, 0.2) is 5.78 Å². The van der Waals surface area contributed by atoms with Crippen molar-refractivity contribution < 1.29 is 23.9 Å². The number of ether oxygens (including phenoxy) is 2. The van der Waals surface area contributed by atoms with E-state index >= 15 is 0 Å². The first-order chi connectivity index (χ1) is 18.0. The number of nitrogens with zero attached hydrogens (tertiary/aromatic N) is 1. The largest absolute Gasteiger partial charge is 0.445 e. The summed E-state index contributed by atoms with van der Waals surface area (Å²) in [4.78, 5) is 38.3. The molecule has 0 radical (unpaired) electrons. The van der Waals surface area contributed by atoms with Gasteiger partial charge in [-0.1, -0.05) is 91.0 Å². The summed E-state index contributed by atoms with van der Waals surface area (Å²) in [6.45, 7) is -0.206. The summed E-state index contributed by atoms with van der Waals surface area (Å²) in [6, 6.07) is 25.7. The van der Waals surface area contributed by atoms with Gasteiger partial charge in [-0.3, -0.25) is 9.59 Å². The molecule has 0 aromatic heterocycles. The summed E-state index contributed by atoms with van der Waals surface area (Å²) in [5, 5.41) is 8.42. The zero-order chi connectivity index (χ0) is 26.3. The van der Waals surface area contributed by atoms with Crippen LogP contribution >= 0.6 is 0 Å². The van der Waals surface area contributed by atoms with Crippen LogP contribution in [0.15, 0.2) is 96.1 Å². The molecule has 0 saturated heterocycles. The lowest BCUT2D eigenvalue weighted by atomic mass is 10.0. The van der Waals surface area contributed by atoms with E-state index < -0.39 is 36.4 Å². The van der Waals surface area contributed by atoms with Gasteiger partial charge in [-0.05, 0) is 16.7 Å². The van der Waals surface area contributed by atoms with E-state index in [9.17, 15) is 14.4 Å². The van der Waals surface area contributed by atoms with E-state index in [2.05, 4.69) is 15.7 Å². The lowest BCUT2D eigenvalue weighted by molar-refractivity contribution is -0.129. The number of amides is 2. The zero-order valence-electron chi connectivity index (χ0n) is 20.3. The maximum Gasteiger partial charge on any atom is 0.408 e. The van der Waals surface area contributed by atoms with Gasteiger partial charge in [-0.15, -0.1) is 0 Å². The molecule has 2 amide bonds. The Hall–Kier alpha value is -4.37. The number of carbonyl (C=O) groups is 3. The molecule has 9 heteroatoms. The van der Waals surface area contributed by atoms with Gasteiger partial charge in [-0.2, -0.15) is 5.11 Å². The van der Waals surface area contributed by atoms with Crippen LogP contribution in [-0.4, -0.2) is 43.0 Å². The van der Waals surface area contributed by atoms with Gasteiger partial charge < -0.3 is 20.1 Å². The van der Waals surface area contributed by atoms with Crippen LogP contribution in [-0.2, 0) is 38.7 Å². The monoisotopic (exact) mass is 502 g/mol. The fourth-order valence-electron chi connectivity index (χ4n) is 3.51. The number of carbonyl (C=O) groups excluding carboxylic acids is 3. The molecule has 37 heavy (non-hydrogen) atoms. The lowest BCUT2D eigenvalue weighted by Gasteiger charge is -2.22. The Labute approximate surface area is 215 Å². The quantitative estimate of drug-likeness (QED) is 0.289. The van der Waals surface area contributed by atoms with Crippen molar-refractivity contribution in [3.05, 3.63) is 108 Å². The van der Waals surface area contributed by atoms with Gasteiger partial charge in [0.05, 0.1) is 13.2 Å². The van der Waals surface area contributed by atoms with E-state index in [0.29, 0.717) is 0 Å². The highest BCUT2D eigenvalue weighted by Crippen LogP contribution is 2.07. The Morgan fingerprint density at radius 1 is 0.730 bits per heavy atom. The third-order valence-electron chi connectivity index (χ3n) is 5.44. The van der Waals surface area contributed by atoms with Crippen molar-refractivity contribution in [3.8, 4) is 0 Å². The first kappa shape index (κ1) is 27.2. The van der Waals surface area contributed by atoms with Crippen LogP contribution in [0.3, 0.4) is 0 Å². The highest BCUT2D eigenvalue weighted by atomic mass is 16.5. The van der Waals surface area contributed by atoms with Gasteiger partial charge in [0, 0.05) is 6.42 Å². The highest BCUT2D eigenvalue weighted by molar-refractivity contribution is 5.93. The summed E-state index contributed by atoms with van der Waals surface area (Å²) in [7, 11) is 0. The van der Waals surface area contributed by atoms with Gasteiger partial charge in [0.2, 0.25) is 5.91 Å². The Morgan fingerprint density at radius 2 is 1.27 bits per heavy atom. The van der Waals surface area contributed by atoms with Crippen molar-refractivity contribution in [1.82, 2.24) is 10.6 Å². The highest BCUT2D eigenvalue weighted by Gasteiger charge is 2.27. The van der Waals surface area contributed by atoms with Gasteiger partial charge in [-0.25, -0.2) is 10.3 Å². The number of rotatable bonds is 14. The van der Waals surface area contributed by atoms with Gasteiger partial charge in [0.1, 0.15) is 25.2 Å².